The quantitative estimate of drug-likeness (QED) is 0.284. The summed E-state index contributed by atoms with van der Waals surface area (Å²) < 4.78 is 108. The Labute approximate surface area is 226 Å². The third-order valence-electron chi connectivity index (χ3n) is 6.91. The van der Waals surface area contributed by atoms with Crippen molar-refractivity contribution in [3.63, 3.8) is 0 Å². The molecule has 14 heteroatoms. The number of nitrogens with zero attached hydrogens (tertiary/aromatic N) is 4. The number of halogens is 7. The predicted molar refractivity (Wildman–Crippen MR) is 131 cm³/mol. The lowest BCUT2D eigenvalue weighted by Gasteiger charge is -2.45. The van der Waals surface area contributed by atoms with E-state index in [1.807, 2.05) is 7.05 Å². The van der Waals surface area contributed by atoms with Gasteiger partial charge in [0.05, 0.1) is 37.4 Å². The molecule has 0 aliphatic carbocycles. The summed E-state index contributed by atoms with van der Waals surface area (Å²) in [6.45, 7) is 3.03. The van der Waals surface area contributed by atoms with Crippen molar-refractivity contribution in [3.05, 3.63) is 76.9 Å². The molecule has 0 bridgehead atoms. The Balaban J connectivity index is 1.72. The first-order valence-corrected chi connectivity index (χ1v) is 12.4. The summed E-state index contributed by atoms with van der Waals surface area (Å²) in [6.07, 6.45) is -10.8. The van der Waals surface area contributed by atoms with Crippen molar-refractivity contribution in [2.24, 2.45) is 0 Å². The van der Waals surface area contributed by atoms with Crippen LogP contribution >= 0.6 is 0 Å². The molecular formula is C26H29F7N5O2+. The zero-order chi connectivity index (χ0) is 29.3. The van der Waals surface area contributed by atoms with E-state index in [1.165, 1.54) is 31.2 Å². The summed E-state index contributed by atoms with van der Waals surface area (Å²) in [4.78, 5) is 4.47. The predicted octanol–water partition coefficient (Wildman–Crippen LogP) is 5.49. The molecule has 3 aromatic rings. The van der Waals surface area contributed by atoms with Gasteiger partial charge in [-0.25, -0.2) is 13.6 Å². The van der Waals surface area contributed by atoms with Crippen LogP contribution in [0.25, 0.3) is 0 Å². The van der Waals surface area contributed by atoms with Crippen molar-refractivity contribution in [2.75, 3.05) is 33.8 Å². The Hall–Kier alpha value is -3.07. The van der Waals surface area contributed by atoms with Gasteiger partial charge < -0.3 is 14.8 Å². The number of quaternary nitrogens is 1. The monoisotopic (exact) mass is 576 g/mol. The van der Waals surface area contributed by atoms with Gasteiger partial charge in [-0.1, -0.05) is 5.10 Å². The van der Waals surface area contributed by atoms with Crippen molar-refractivity contribution in [3.8, 4) is 0 Å². The minimum absolute atomic E-state index is 0.0337. The summed E-state index contributed by atoms with van der Waals surface area (Å²) in [5.41, 5.74) is -2.64. The number of likely N-dealkylation sites (N-methyl/N-ethyl adjacent to an activating group) is 2. The van der Waals surface area contributed by atoms with Crippen LogP contribution in [0.5, 0.6) is 0 Å². The zero-order valence-electron chi connectivity index (χ0n) is 21.9. The maximum Gasteiger partial charge on any atom is 0.416 e. The standard InChI is InChI=1S/C26H29F7N5O2/c1-16(18-12-19(25(28,29)30)14-20(13-18)26(31,32)33)40-23-22(17-4-6-21(27)7-5-17)38(3,10-11-39-23)24-35-15-37(36-24)9-8-34-2/h4-7,12-16,22-23,34H,8-11H2,1-3H3/q+1/t16?,22-,23+,38?/m0/s1. The average Bonchev–Trinajstić information content (AvgIpc) is 3.37. The third-order valence-corrected chi connectivity index (χ3v) is 6.91. The van der Waals surface area contributed by atoms with Gasteiger partial charge in [-0.2, -0.15) is 31.3 Å². The number of aromatic nitrogens is 3. The molecule has 0 radical (unpaired) electrons. The van der Waals surface area contributed by atoms with Crippen LogP contribution in [0.3, 0.4) is 0 Å². The second-order valence-corrected chi connectivity index (χ2v) is 9.76. The Kier molecular flexibility index (Phi) is 8.54. The average molecular weight is 577 g/mol. The number of ether oxygens (including phenoxy) is 2. The molecule has 0 spiro atoms. The summed E-state index contributed by atoms with van der Waals surface area (Å²) >= 11 is 0. The summed E-state index contributed by atoms with van der Waals surface area (Å²) in [7, 11) is 3.62. The lowest BCUT2D eigenvalue weighted by Crippen LogP contribution is -2.60. The van der Waals surface area contributed by atoms with E-state index in [0.29, 0.717) is 43.3 Å². The lowest BCUT2D eigenvalue weighted by atomic mass is 9.99. The first-order valence-electron chi connectivity index (χ1n) is 12.4. The Bertz CT molecular complexity index is 1260. The maximum absolute atomic E-state index is 13.8. The molecular weight excluding hydrogens is 547 g/mol. The maximum atomic E-state index is 13.8. The highest BCUT2D eigenvalue weighted by molar-refractivity contribution is 5.35. The lowest BCUT2D eigenvalue weighted by molar-refractivity contribution is -0.224. The molecule has 2 heterocycles. The van der Waals surface area contributed by atoms with Gasteiger partial charge in [0, 0.05) is 12.1 Å². The molecule has 7 nitrogen and oxygen atoms in total. The van der Waals surface area contributed by atoms with Gasteiger partial charge in [-0.3, -0.25) is 0 Å². The Morgan fingerprint density at radius 3 is 2.27 bits per heavy atom. The van der Waals surface area contributed by atoms with E-state index >= 15 is 0 Å². The number of alkyl halides is 6. The summed E-state index contributed by atoms with van der Waals surface area (Å²) in [5, 5.41) is 7.60. The molecule has 4 rings (SSSR count). The molecule has 0 amide bonds. The van der Waals surface area contributed by atoms with Gasteiger partial charge in [0.1, 0.15) is 18.7 Å². The van der Waals surface area contributed by atoms with Gasteiger partial charge in [0.15, 0.2) is 6.04 Å². The smallest absolute Gasteiger partial charge is 0.341 e. The minimum atomic E-state index is -5.00. The van der Waals surface area contributed by atoms with Crippen LogP contribution < -0.4 is 9.80 Å². The summed E-state index contributed by atoms with van der Waals surface area (Å²) in [5.74, 6) is -0.0907. The largest absolute Gasteiger partial charge is 0.416 e. The van der Waals surface area contributed by atoms with Crippen LogP contribution in [0.4, 0.5) is 36.7 Å². The van der Waals surface area contributed by atoms with Gasteiger partial charge in [0.25, 0.3) is 0 Å². The van der Waals surface area contributed by atoms with E-state index in [0.717, 1.165) is 0 Å². The van der Waals surface area contributed by atoms with Gasteiger partial charge in [-0.05, 0) is 62.0 Å². The van der Waals surface area contributed by atoms with E-state index in [-0.39, 0.29) is 22.7 Å². The number of hydrogen-bond acceptors (Lipinski definition) is 5. The third kappa shape index (κ3) is 6.45. The van der Waals surface area contributed by atoms with Gasteiger partial charge in [-0.15, -0.1) is 0 Å². The molecule has 1 aliphatic rings. The van der Waals surface area contributed by atoms with Crippen LogP contribution in [-0.4, -0.2) is 54.8 Å². The molecule has 2 unspecified atom stereocenters. The highest BCUT2D eigenvalue weighted by atomic mass is 19.4. The number of nitrogens with one attached hydrogen (secondary N) is 1. The topological polar surface area (TPSA) is 61.2 Å². The number of morpholine rings is 1. The molecule has 1 saturated heterocycles. The normalized spacial score (nSPS) is 22.9. The van der Waals surface area contributed by atoms with Crippen LogP contribution in [0.2, 0.25) is 0 Å². The van der Waals surface area contributed by atoms with Crippen LogP contribution in [-0.2, 0) is 28.4 Å². The first-order chi connectivity index (χ1) is 18.7. The molecule has 1 N–H and O–H groups in total. The molecule has 1 aromatic heterocycles. The zero-order valence-corrected chi connectivity index (χ0v) is 21.9. The van der Waals surface area contributed by atoms with Crippen molar-refractivity contribution >= 4 is 5.95 Å². The molecule has 1 fully saturated rings. The number of rotatable bonds is 8. The molecule has 2 aromatic carbocycles. The highest BCUT2D eigenvalue weighted by Gasteiger charge is 2.49. The minimum Gasteiger partial charge on any atom is -0.341 e. The van der Waals surface area contributed by atoms with Crippen LogP contribution in [0.15, 0.2) is 48.8 Å². The van der Waals surface area contributed by atoms with Crippen LogP contribution in [0.1, 0.15) is 41.3 Å². The van der Waals surface area contributed by atoms with E-state index in [4.69, 9.17) is 9.47 Å². The molecule has 4 atom stereocenters. The molecule has 0 saturated carbocycles. The fourth-order valence-corrected chi connectivity index (χ4v) is 4.69. The second kappa shape index (κ2) is 11.4. The fourth-order valence-electron chi connectivity index (χ4n) is 4.69. The van der Waals surface area contributed by atoms with Gasteiger partial charge in [0.2, 0.25) is 6.29 Å². The molecule has 218 valence electrons. The first kappa shape index (κ1) is 29.9. The van der Waals surface area contributed by atoms with Crippen LogP contribution in [0, 0.1) is 5.82 Å². The second-order valence-electron chi connectivity index (χ2n) is 9.76. The van der Waals surface area contributed by atoms with Crippen molar-refractivity contribution < 1.29 is 40.2 Å². The van der Waals surface area contributed by atoms with Crippen molar-refractivity contribution in [1.82, 2.24) is 24.6 Å². The highest BCUT2D eigenvalue weighted by Crippen LogP contribution is 2.42. The van der Waals surface area contributed by atoms with E-state index < -0.39 is 47.7 Å². The van der Waals surface area contributed by atoms with E-state index in [2.05, 4.69) is 15.4 Å². The molecule has 1 aliphatic heterocycles. The van der Waals surface area contributed by atoms with E-state index in [9.17, 15) is 30.7 Å². The number of benzene rings is 2. The SMILES string of the molecule is CNCCn1cnc([N+]2(C)CCO[C@H](OC(C)c3cc(C(F)(F)F)cc(C(F)(F)F)c3)[C@@H]2c2ccc(F)cc2)n1. The van der Waals surface area contributed by atoms with Gasteiger partial charge >= 0.3 is 18.3 Å². The fraction of sp³-hybridized carbons (Fsp3) is 0.462. The number of hydrogen-bond donors (Lipinski definition) is 1. The molecule has 40 heavy (non-hydrogen) atoms. The Morgan fingerprint density at radius 2 is 1.70 bits per heavy atom. The van der Waals surface area contributed by atoms with Crippen molar-refractivity contribution in [1.29, 1.82) is 0 Å². The van der Waals surface area contributed by atoms with E-state index in [1.54, 1.807) is 18.1 Å². The van der Waals surface area contributed by atoms with Crippen molar-refractivity contribution in [2.45, 2.75) is 44.3 Å². The Morgan fingerprint density at radius 1 is 1.07 bits per heavy atom. The summed E-state index contributed by atoms with van der Waals surface area (Å²) in [6, 6.07) is 6.14.